The molecule has 2 saturated heterocycles. The predicted molar refractivity (Wildman–Crippen MR) is 89.9 cm³/mol. The van der Waals surface area contributed by atoms with Crippen LogP contribution >= 0.6 is 23.6 Å². The SMILES string of the molecule is S=C(NC[C@H]1CCCO1)N1CC[NH+](Cc2ccsc2)CC1. The Morgan fingerprint density at radius 3 is 3.00 bits per heavy atom. The second-order valence-electron chi connectivity index (χ2n) is 5.87. The summed E-state index contributed by atoms with van der Waals surface area (Å²) in [6.45, 7) is 7.35. The average molecular weight is 327 g/mol. The maximum atomic E-state index is 5.62. The van der Waals surface area contributed by atoms with Crippen LogP contribution in [0.1, 0.15) is 18.4 Å². The normalized spacial score (nSPS) is 23.4. The Labute approximate surface area is 136 Å². The van der Waals surface area contributed by atoms with Gasteiger partial charge in [-0.15, -0.1) is 0 Å². The van der Waals surface area contributed by atoms with Crippen molar-refractivity contribution < 1.29 is 9.64 Å². The first-order chi connectivity index (χ1) is 10.3. The van der Waals surface area contributed by atoms with Crippen LogP contribution in [0.25, 0.3) is 0 Å². The summed E-state index contributed by atoms with van der Waals surface area (Å²) in [6.07, 6.45) is 2.70. The zero-order valence-corrected chi connectivity index (χ0v) is 14.0. The van der Waals surface area contributed by atoms with E-state index in [1.807, 2.05) is 0 Å². The Hall–Kier alpha value is -0.690. The number of thiocarbonyl (C=S) groups is 1. The van der Waals surface area contributed by atoms with Crippen LogP contribution in [0.4, 0.5) is 0 Å². The van der Waals surface area contributed by atoms with Crippen molar-refractivity contribution in [2.45, 2.75) is 25.5 Å². The standard InChI is InChI=1S/C15H23N3OS2/c20-15(16-10-14-2-1-8-19-14)18-6-4-17(5-7-18)11-13-3-9-21-12-13/h3,9,12,14H,1-2,4-8,10-11H2,(H,16,20)/p+1/t14-/m1/s1. The van der Waals surface area contributed by atoms with E-state index < -0.39 is 0 Å². The van der Waals surface area contributed by atoms with Gasteiger partial charge < -0.3 is 19.9 Å². The Balaban J connectivity index is 1.37. The highest BCUT2D eigenvalue weighted by Gasteiger charge is 2.23. The molecule has 0 aromatic carbocycles. The molecule has 1 aromatic rings. The number of ether oxygens (including phenoxy) is 1. The van der Waals surface area contributed by atoms with E-state index in [9.17, 15) is 0 Å². The molecular formula is C15H24N3OS2+. The molecule has 0 saturated carbocycles. The lowest BCUT2D eigenvalue weighted by Crippen LogP contribution is -3.13. The highest BCUT2D eigenvalue weighted by atomic mass is 32.1. The van der Waals surface area contributed by atoms with Gasteiger partial charge in [0, 0.05) is 18.7 Å². The number of nitrogens with zero attached hydrogens (tertiary/aromatic N) is 1. The number of nitrogens with one attached hydrogen (secondary N) is 2. The first-order valence-electron chi connectivity index (χ1n) is 7.80. The Kier molecular flexibility index (Phi) is 5.46. The van der Waals surface area contributed by atoms with E-state index in [0.717, 1.165) is 57.4 Å². The van der Waals surface area contributed by atoms with Crippen molar-refractivity contribution in [3.05, 3.63) is 22.4 Å². The molecule has 2 N–H and O–H groups in total. The van der Waals surface area contributed by atoms with Crippen molar-refractivity contribution in [3.63, 3.8) is 0 Å². The summed E-state index contributed by atoms with van der Waals surface area (Å²) in [5.74, 6) is 0. The van der Waals surface area contributed by atoms with Crippen LogP contribution in [-0.4, -0.2) is 55.4 Å². The Morgan fingerprint density at radius 2 is 2.33 bits per heavy atom. The van der Waals surface area contributed by atoms with Gasteiger partial charge in [-0.3, -0.25) is 0 Å². The van der Waals surface area contributed by atoms with Crippen LogP contribution in [0, 0.1) is 0 Å². The molecule has 0 amide bonds. The van der Waals surface area contributed by atoms with Gasteiger partial charge in [0.25, 0.3) is 0 Å². The van der Waals surface area contributed by atoms with Gasteiger partial charge in [0.05, 0.1) is 32.3 Å². The topological polar surface area (TPSA) is 28.9 Å². The van der Waals surface area contributed by atoms with Gasteiger partial charge in [-0.1, -0.05) is 0 Å². The van der Waals surface area contributed by atoms with Crippen molar-refractivity contribution in [2.75, 3.05) is 39.3 Å². The summed E-state index contributed by atoms with van der Waals surface area (Å²) in [5.41, 5.74) is 1.46. The molecule has 3 heterocycles. The first kappa shape index (κ1) is 15.2. The molecule has 0 bridgehead atoms. The lowest BCUT2D eigenvalue weighted by Gasteiger charge is -2.34. The largest absolute Gasteiger partial charge is 0.376 e. The van der Waals surface area contributed by atoms with Gasteiger partial charge in [0.1, 0.15) is 6.54 Å². The fourth-order valence-electron chi connectivity index (χ4n) is 3.00. The molecule has 1 aromatic heterocycles. The molecule has 0 radical (unpaired) electrons. The lowest BCUT2D eigenvalue weighted by molar-refractivity contribution is -0.917. The Bertz CT molecular complexity index is 438. The molecule has 0 unspecified atom stereocenters. The molecule has 2 aliphatic heterocycles. The molecule has 0 aliphatic carbocycles. The van der Waals surface area contributed by atoms with Crippen LogP contribution in [0.15, 0.2) is 16.8 Å². The molecule has 21 heavy (non-hydrogen) atoms. The van der Waals surface area contributed by atoms with Crippen LogP contribution in [0.5, 0.6) is 0 Å². The fraction of sp³-hybridized carbons (Fsp3) is 0.667. The van der Waals surface area contributed by atoms with Gasteiger partial charge in [-0.05, 0) is 41.9 Å². The zero-order chi connectivity index (χ0) is 14.5. The minimum atomic E-state index is 0.355. The van der Waals surface area contributed by atoms with Crippen LogP contribution in [0.3, 0.4) is 0 Å². The summed E-state index contributed by atoms with van der Waals surface area (Å²) in [5, 5.41) is 8.70. The summed E-state index contributed by atoms with van der Waals surface area (Å²) in [6, 6.07) is 2.23. The van der Waals surface area contributed by atoms with E-state index in [0.29, 0.717) is 6.10 Å². The number of thiophene rings is 1. The van der Waals surface area contributed by atoms with Gasteiger partial charge in [-0.2, -0.15) is 11.3 Å². The van der Waals surface area contributed by atoms with Crippen molar-refractivity contribution in [1.82, 2.24) is 10.2 Å². The van der Waals surface area contributed by atoms with E-state index in [1.54, 1.807) is 16.2 Å². The van der Waals surface area contributed by atoms with Crippen LogP contribution < -0.4 is 10.2 Å². The monoisotopic (exact) mass is 326 g/mol. The maximum absolute atomic E-state index is 5.62. The quantitative estimate of drug-likeness (QED) is 0.789. The smallest absolute Gasteiger partial charge is 0.169 e. The third kappa shape index (κ3) is 4.39. The number of hydrogen-bond acceptors (Lipinski definition) is 3. The van der Waals surface area contributed by atoms with Gasteiger partial charge >= 0.3 is 0 Å². The van der Waals surface area contributed by atoms with Crippen molar-refractivity contribution in [3.8, 4) is 0 Å². The second kappa shape index (κ2) is 7.54. The highest BCUT2D eigenvalue weighted by Crippen LogP contribution is 2.10. The zero-order valence-electron chi connectivity index (χ0n) is 12.3. The molecule has 6 heteroatoms. The molecule has 3 rings (SSSR count). The molecular weight excluding hydrogens is 302 g/mol. The van der Waals surface area contributed by atoms with Crippen molar-refractivity contribution in [2.24, 2.45) is 0 Å². The van der Waals surface area contributed by atoms with Gasteiger partial charge in [-0.25, -0.2) is 0 Å². The second-order valence-corrected chi connectivity index (χ2v) is 7.03. The predicted octanol–water partition coefficient (Wildman–Crippen LogP) is 0.502. The van der Waals surface area contributed by atoms with Crippen LogP contribution in [-0.2, 0) is 11.3 Å². The van der Waals surface area contributed by atoms with Crippen molar-refractivity contribution in [1.29, 1.82) is 0 Å². The third-order valence-corrected chi connectivity index (χ3v) is 5.43. The Morgan fingerprint density at radius 1 is 1.48 bits per heavy atom. The van der Waals surface area contributed by atoms with E-state index in [1.165, 1.54) is 12.0 Å². The number of rotatable bonds is 4. The molecule has 1 atom stereocenters. The highest BCUT2D eigenvalue weighted by molar-refractivity contribution is 7.80. The van der Waals surface area contributed by atoms with E-state index >= 15 is 0 Å². The third-order valence-electron chi connectivity index (χ3n) is 4.30. The van der Waals surface area contributed by atoms with Gasteiger partial charge in [0.2, 0.25) is 0 Å². The average Bonchev–Trinajstić information content (AvgIpc) is 3.19. The summed E-state index contributed by atoms with van der Waals surface area (Å²) in [7, 11) is 0. The first-order valence-corrected chi connectivity index (χ1v) is 9.15. The molecule has 116 valence electrons. The van der Waals surface area contributed by atoms with E-state index in [2.05, 4.69) is 27.0 Å². The summed E-state index contributed by atoms with van der Waals surface area (Å²) in [4.78, 5) is 3.97. The lowest BCUT2D eigenvalue weighted by atomic mass is 10.2. The maximum Gasteiger partial charge on any atom is 0.169 e. The van der Waals surface area contributed by atoms with E-state index in [4.69, 9.17) is 17.0 Å². The minimum Gasteiger partial charge on any atom is -0.376 e. The number of piperazine rings is 1. The number of hydrogen-bond donors (Lipinski definition) is 2. The van der Waals surface area contributed by atoms with Gasteiger partial charge in [0.15, 0.2) is 5.11 Å². The van der Waals surface area contributed by atoms with Crippen molar-refractivity contribution >= 4 is 28.7 Å². The molecule has 2 fully saturated rings. The molecule has 0 spiro atoms. The summed E-state index contributed by atoms with van der Waals surface area (Å²) < 4.78 is 5.62. The van der Waals surface area contributed by atoms with E-state index in [-0.39, 0.29) is 0 Å². The minimum absolute atomic E-state index is 0.355. The molecule has 4 nitrogen and oxygen atoms in total. The fourth-order valence-corrected chi connectivity index (χ4v) is 3.94. The van der Waals surface area contributed by atoms with Crippen LogP contribution in [0.2, 0.25) is 0 Å². The molecule has 2 aliphatic rings. The number of quaternary nitrogens is 1. The summed E-state index contributed by atoms with van der Waals surface area (Å²) >= 11 is 7.30.